The molecule has 1 saturated carbocycles. The summed E-state index contributed by atoms with van der Waals surface area (Å²) in [6.45, 7) is 2.06. The molecule has 1 amide bonds. The predicted octanol–water partition coefficient (Wildman–Crippen LogP) is 0.0156. The fraction of sp³-hybridized carbons (Fsp3) is 0.909. The van der Waals surface area contributed by atoms with Crippen LogP contribution in [0.4, 0.5) is 0 Å². The van der Waals surface area contributed by atoms with Crippen LogP contribution in [0, 0.1) is 5.92 Å². The van der Waals surface area contributed by atoms with E-state index in [-0.39, 0.29) is 18.1 Å². The van der Waals surface area contributed by atoms with Crippen molar-refractivity contribution in [1.82, 2.24) is 10.6 Å². The molecule has 0 radical (unpaired) electrons. The lowest BCUT2D eigenvalue weighted by Gasteiger charge is -2.32. The highest BCUT2D eigenvalue weighted by Gasteiger charge is 2.28. The molecule has 0 aromatic heterocycles. The van der Waals surface area contributed by atoms with E-state index in [9.17, 15) is 4.79 Å². The van der Waals surface area contributed by atoms with E-state index in [0.717, 1.165) is 32.4 Å². The second-order valence-electron chi connectivity index (χ2n) is 4.81. The molecule has 2 fully saturated rings. The van der Waals surface area contributed by atoms with Crippen LogP contribution in [0.3, 0.4) is 0 Å². The Kier molecular flexibility index (Phi) is 3.59. The first kappa shape index (κ1) is 10.9. The van der Waals surface area contributed by atoms with Gasteiger partial charge in [0.25, 0.3) is 0 Å². The maximum absolute atomic E-state index is 11.6. The van der Waals surface area contributed by atoms with Gasteiger partial charge < -0.3 is 15.7 Å². The summed E-state index contributed by atoms with van der Waals surface area (Å²) in [4.78, 5) is 11.6. The molecule has 1 saturated heterocycles. The van der Waals surface area contributed by atoms with Gasteiger partial charge in [-0.2, -0.15) is 0 Å². The summed E-state index contributed by atoms with van der Waals surface area (Å²) in [6.07, 6.45) is 4.25. The SMILES string of the molecule is O=C(CC1CCCNC1)NC1CC(O)C1. The number of carbonyl (C=O) groups excluding carboxylic acids is 1. The lowest BCUT2D eigenvalue weighted by Crippen LogP contribution is -2.47. The molecule has 1 heterocycles. The van der Waals surface area contributed by atoms with Crippen molar-refractivity contribution in [2.75, 3.05) is 13.1 Å². The van der Waals surface area contributed by atoms with E-state index in [1.54, 1.807) is 0 Å². The molecule has 2 aliphatic rings. The largest absolute Gasteiger partial charge is 0.393 e. The van der Waals surface area contributed by atoms with E-state index < -0.39 is 0 Å². The summed E-state index contributed by atoms with van der Waals surface area (Å²) in [5.41, 5.74) is 0. The zero-order valence-corrected chi connectivity index (χ0v) is 9.04. The van der Waals surface area contributed by atoms with E-state index in [0.29, 0.717) is 12.3 Å². The van der Waals surface area contributed by atoms with Crippen LogP contribution in [0.5, 0.6) is 0 Å². The zero-order valence-electron chi connectivity index (χ0n) is 9.04. The van der Waals surface area contributed by atoms with Crippen LogP contribution >= 0.6 is 0 Å². The van der Waals surface area contributed by atoms with Gasteiger partial charge in [0.15, 0.2) is 0 Å². The van der Waals surface area contributed by atoms with Crippen LogP contribution in [-0.2, 0) is 4.79 Å². The molecule has 4 nitrogen and oxygen atoms in total. The second kappa shape index (κ2) is 4.94. The third-order valence-electron chi connectivity index (χ3n) is 3.35. The van der Waals surface area contributed by atoms with E-state index in [4.69, 9.17) is 5.11 Å². The lowest BCUT2D eigenvalue weighted by atomic mass is 9.89. The van der Waals surface area contributed by atoms with E-state index >= 15 is 0 Å². The molecule has 1 aliphatic heterocycles. The van der Waals surface area contributed by atoms with Gasteiger partial charge in [0.2, 0.25) is 5.91 Å². The van der Waals surface area contributed by atoms with Gasteiger partial charge in [-0.1, -0.05) is 0 Å². The molecule has 2 rings (SSSR count). The van der Waals surface area contributed by atoms with Crippen LogP contribution in [0.15, 0.2) is 0 Å². The molecule has 0 aromatic carbocycles. The molecule has 1 aliphatic carbocycles. The summed E-state index contributed by atoms with van der Waals surface area (Å²) in [6, 6.07) is 0.226. The summed E-state index contributed by atoms with van der Waals surface area (Å²) in [7, 11) is 0. The van der Waals surface area contributed by atoms with Crippen molar-refractivity contribution in [3.63, 3.8) is 0 Å². The predicted molar refractivity (Wildman–Crippen MR) is 57.4 cm³/mol. The number of hydrogen-bond donors (Lipinski definition) is 3. The molecule has 3 N–H and O–H groups in total. The third-order valence-corrected chi connectivity index (χ3v) is 3.35. The number of nitrogens with one attached hydrogen (secondary N) is 2. The summed E-state index contributed by atoms with van der Waals surface area (Å²) in [5, 5.41) is 15.4. The minimum atomic E-state index is -0.188. The Morgan fingerprint density at radius 2 is 2.27 bits per heavy atom. The van der Waals surface area contributed by atoms with Crippen LogP contribution in [0.2, 0.25) is 0 Å². The molecule has 86 valence electrons. The molecule has 4 heteroatoms. The average Bonchev–Trinajstić information content (AvgIpc) is 2.17. The van der Waals surface area contributed by atoms with E-state index in [2.05, 4.69) is 10.6 Å². The maximum Gasteiger partial charge on any atom is 0.220 e. The molecule has 0 spiro atoms. The zero-order chi connectivity index (χ0) is 10.7. The first-order valence-electron chi connectivity index (χ1n) is 5.92. The van der Waals surface area contributed by atoms with Crippen molar-refractivity contribution in [3.8, 4) is 0 Å². The summed E-state index contributed by atoms with van der Waals surface area (Å²) >= 11 is 0. The molecule has 1 atom stereocenters. The standard InChI is InChI=1S/C11H20N2O2/c14-10-5-9(6-10)13-11(15)4-8-2-1-3-12-7-8/h8-10,12,14H,1-7H2,(H,13,15). The van der Waals surface area contributed by atoms with Crippen LogP contribution in [-0.4, -0.2) is 36.2 Å². The van der Waals surface area contributed by atoms with Gasteiger partial charge in [-0.15, -0.1) is 0 Å². The molecule has 0 aromatic rings. The summed E-state index contributed by atoms with van der Waals surface area (Å²) in [5.74, 6) is 0.657. The number of piperidine rings is 1. The minimum Gasteiger partial charge on any atom is -0.393 e. The smallest absolute Gasteiger partial charge is 0.220 e. The van der Waals surface area contributed by atoms with Gasteiger partial charge in [-0.3, -0.25) is 4.79 Å². The number of hydrogen-bond acceptors (Lipinski definition) is 3. The molecule has 15 heavy (non-hydrogen) atoms. The minimum absolute atomic E-state index is 0.153. The topological polar surface area (TPSA) is 61.4 Å². The first-order valence-corrected chi connectivity index (χ1v) is 5.92. The lowest BCUT2D eigenvalue weighted by molar-refractivity contribution is -0.124. The Balaban J connectivity index is 1.63. The Labute approximate surface area is 90.4 Å². The Hall–Kier alpha value is -0.610. The van der Waals surface area contributed by atoms with Crippen molar-refractivity contribution in [2.45, 2.75) is 44.2 Å². The van der Waals surface area contributed by atoms with Gasteiger partial charge in [0.1, 0.15) is 0 Å². The highest BCUT2D eigenvalue weighted by atomic mass is 16.3. The number of rotatable bonds is 3. The van der Waals surface area contributed by atoms with Crippen molar-refractivity contribution < 1.29 is 9.90 Å². The second-order valence-corrected chi connectivity index (χ2v) is 4.81. The maximum atomic E-state index is 11.6. The summed E-state index contributed by atoms with van der Waals surface area (Å²) < 4.78 is 0. The average molecular weight is 212 g/mol. The fourth-order valence-corrected chi connectivity index (χ4v) is 2.35. The van der Waals surface area contributed by atoms with Crippen molar-refractivity contribution >= 4 is 5.91 Å². The number of carbonyl (C=O) groups is 1. The van der Waals surface area contributed by atoms with Crippen molar-refractivity contribution in [1.29, 1.82) is 0 Å². The van der Waals surface area contributed by atoms with Crippen LogP contribution in [0.1, 0.15) is 32.1 Å². The van der Waals surface area contributed by atoms with Gasteiger partial charge >= 0.3 is 0 Å². The van der Waals surface area contributed by atoms with E-state index in [1.807, 2.05) is 0 Å². The van der Waals surface area contributed by atoms with Gasteiger partial charge in [-0.25, -0.2) is 0 Å². The van der Waals surface area contributed by atoms with Crippen molar-refractivity contribution in [2.24, 2.45) is 5.92 Å². The third kappa shape index (κ3) is 3.18. The Bertz CT molecular complexity index is 221. The molecular weight excluding hydrogens is 192 g/mol. The molecular formula is C11H20N2O2. The normalized spacial score (nSPS) is 35.7. The number of amides is 1. The van der Waals surface area contributed by atoms with Gasteiger partial charge in [0.05, 0.1) is 6.10 Å². The number of aliphatic hydroxyl groups excluding tert-OH is 1. The molecule has 1 unspecified atom stereocenters. The Morgan fingerprint density at radius 1 is 1.47 bits per heavy atom. The van der Waals surface area contributed by atoms with Gasteiger partial charge in [-0.05, 0) is 44.7 Å². The van der Waals surface area contributed by atoms with Gasteiger partial charge in [0, 0.05) is 12.5 Å². The Morgan fingerprint density at radius 3 is 2.87 bits per heavy atom. The van der Waals surface area contributed by atoms with Crippen LogP contribution < -0.4 is 10.6 Å². The highest BCUT2D eigenvalue weighted by Crippen LogP contribution is 2.20. The monoisotopic (exact) mass is 212 g/mol. The van der Waals surface area contributed by atoms with Crippen molar-refractivity contribution in [3.05, 3.63) is 0 Å². The highest BCUT2D eigenvalue weighted by molar-refractivity contribution is 5.76. The van der Waals surface area contributed by atoms with Crippen LogP contribution in [0.25, 0.3) is 0 Å². The number of aliphatic hydroxyl groups is 1. The van der Waals surface area contributed by atoms with E-state index in [1.165, 1.54) is 6.42 Å². The first-order chi connectivity index (χ1) is 7.24. The quantitative estimate of drug-likeness (QED) is 0.618. The fourth-order valence-electron chi connectivity index (χ4n) is 2.35. The molecule has 0 bridgehead atoms.